The lowest BCUT2D eigenvalue weighted by Crippen LogP contribution is -2.35. The maximum Gasteiger partial charge on any atom is 0.300 e. The second kappa shape index (κ2) is 3.76. The number of hydrogen-bond donors (Lipinski definition) is 1. The largest absolute Gasteiger partial charge is 0.440 e. The summed E-state index contributed by atoms with van der Waals surface area (Å²) < 4.78 is 10.5. The minimum atomic E-state index is -0.720. The smallest absolute Gasteiger partial charge is 0.300 e. The summed E-state index contributed by atoms with van der Waals surface area (Å²) in [6.45, 7) is 5.40. The van der Waals surface area contributed by atoms with Gasteiger partial charge in [-0.15, -0.1) is 0 Å². The number of primary amides is 1. The molecular formula is C12H14INO3. The molecule has 1 atom stereocenters. The minimum Gasteiger partial charge on any atom is -0.440 e. The highest BCUT2D eigenvalue weighted by atomic mass is 127. The molecule has 0 spiro atoms. The summed E-state index contributed by atoms with van der Waals surface area (Å²) in [5.41, 5.74) is 5.49. The second-order valence-corrected chi connectivity index (χ2v) is 6.65. The van der Waals surface area contributed by atoms with Crippen molar-refractivity contribution in [3.8, 4) is 11.5 Å². The van der Waals surface area contributed by atoms with Crippen molar-refractivity contribution in [1.29, 1.82) is 0 Å². The van der Waals surface area contributed by atoms with Crippen LogP contribution >= 0.6 is 22.6 Å². The maximum atomic E-state index is 11.4. The Morgan fingerprint density at radius 3 is 2.53 bits per heavy atom. The zero-order chi connectivity index (χ0) is 12.8. The number of halogens is 1. The molecule has 0 bridgehead atoms. The highest BCUT2D eigenvalue weighted by Gasteiger charge is 2.36. The van der Waals surface area contributed by atoms with E-state index in [9.17, 15) is 4.79 Å². The van der Waals surface area contributed by atoms with Crippen LogP contribution in [0.25, 0.3) is 0 Å². The first kappa shape index (κ1) is 12.5. The van der Waals surface area contributed by atoms with Gasteiger partial charge in [-0.25, -0.2) is 0 Å². The molecule has 1 heterocycles. The third-order valence-corrected chi connectivity index (χ3v) is 3.31. The molecule has 0 aliphatic carbocycles. The number of nitrogens with two attached hydrogens (primary N) is 1. The van der Waals surface area contributed by atoms with Gasteiger partial charge in [0.2, 0.25) is 5.91 Å². The van der Waals surface area contributed by atoms with E-state index in [1.807, 2.05) is 19.1 Å². The molecule has 0 fully saturated rings. The zero-order valence-corrected chi connectivity index (χ0v) is 12.1. The van der Waals surface area contributed by atoms with E-state index in [0.29, 0.717) is 11.5 Å². The van der Waals surface area contributed by atoms with Crippen LogP contribution in [0, 0.1) is 0 Å². The number of alkyl halides is 1. The van der Waals surface area contributed by atoms with Crippen LogP contribution in [-0.2, 0) is 10.2 Å². The summed E-state index contributed by atoms with van der Waals surface area (Å²) in [6, 6.07) is 5.45. The fourth-order valence-corrected chi connectivity index (χ4v) is 2.09. The number of fused-ring (bicyclic) bond motifs is 1. The standard InChI is InChI=1S/C12H14INO3/c1-11(2,10(14)15)7-4-5-8-9(6-7)17-12(3,13)16-8/h4-6H,1-3H3,(H2,14,15). The number of hydrogen-bond acceptors (Lipinski definition) is 3. The molecule has 0 radical (unpaired) electrons. The van der Waals surface area contributed by atoms with Crippen LogP contribution in [0.15, 0.2) is 18.2 Å². The van der Waals surface area contributed by atoms with Crippen molar-refractivity contribution in [3.63, 3.8) is 0 Å². The maximum absolute atomic E-state index is 11.4. The Bertz CT molecular complexity index is 483. The molecule has 0 saturated carbocycles. The second-order valence-electron chi connectivity index (χ2n) is 4.69. The molecule has 2 rings (SSSR count). The molecule has 5 heteroatoms. The number of carbonyl (C=O) groups excluding carboxylic acids is 1. The molecule has 17 heavy (non-hydrogen) atoms. The molecule has 4 nitrogen and oxygen atoms in total. The monoisotopic (exact) mass is 347 g/mol. The fraction of sp³-hybridized carbons (Fsp3) is 0.417. The highest BCUT2D eigenvalue weighted by Crippen LogP contribution is 2.44. The van der Waals surface area contributed by atoms with Crippen molar-refractivity contribution in [2.24, 2.45) is 5.73 Å². The molecule has 0 saturated heterocycles. The SMILES string of the molecule is CC1(I)Oc2ccc(C(C)(C)C(N)=O)cc2O1. The molecule has 1 aromatic rings. The molecule has 1 aliphatic rings. The Hall–Kier alpha value is -0.980. The molecule has 2 N–H and O–H groups in total. The topological polar surface area (TPSA) is 61.5 Å². The lowest BCUT2D eigenvalue weighted by molar-refractivity contribution is -0.122. The van der Waals surface area contributed by atoms with Crippen LogP contribution in [0.1, 0.15) is 26.3 Å². The molecule has 92 valence electrons. The van der Waals surface area contributed by atoms with Crippen molar-refractivity contribution >= 4 is 28.5 Å². The molecular weight excluding hydrogens is 333 g/mol. The Balaban J connectivity index is 2.41. The average Bonchev–Trinajstić information content (AvgIpc) is 2.49. The Morgan fingerprint density at radius 2 is 1.94 bits per heavy atom. The summed E-state index contributed by atoms with van der Waals surface area (Å²) in [5.74, 6) is 0.966. The fourth-order valence-electron chi connectivity index (χ4n) is 1.62. The van der Waals surface area contributed by atoms with E-state index in [1.165, 1.54) is 0 Å². The predicted molar refractivity (Wildman–Crippen MR) is 72.3 cm³/mol. The van der Waals surface area contributed by atoms with Crippen molar-refractivity contribution < 1.29 is 14.3 Å². The van der Waals surface area contributed by atoms with Gasteiger partial charge in [0.25, 0.3) is 3.79 Å². The predicted octanol–water partition coefficient (Wildman–Crippen LogP) is 2.33. The van der Waals surface area contributed by atoms with Crippen LogP contribution in [0.5, 0.6) is 11.5 Å². The number of rotatable bonds is 2. The number of ether oxygens (including phenoxy) is 2. The van der Waals surface area contributed by atoms with Crippen LogP contribution in [0.2, 0.25) is 0 Å². The molecule has 1 amide bonds. The quantitative estimate of drug-likeness (QED) is 0.660. The van der Waals surface area contributed by atoms with Gasteiger partial charge in [0.05, 0.1) is 5.41 Å². The number of carbonyl (C=O) groups is 1. The first-order chi connectivity index (χ1) is 7.72. The first-order valence-electron chi connectivity index (χ1n) is 5.24. The van der Waals surface area contributed by atoms with Crippen molar-refractivity contribution in [2.45, 2.75) is 30.0 Å². The van der Waals surface area contributed by atoms with Crippen molar-refractivity contribution in [1.82, 2.24) is 0 Å². The minimum absolute atomic E-state index is 0.367. The lowest BCUT2D eigenvalue weighted by atomic mass is 9.84. The third kappa shape index (κ3) is 2.20. The molecule has 1 unspecified atom stereocenters. The van der Waals surface area contributed by atoms with Gasteiger partial charge in [0.15, 0.2) is 11.5 Å². The van der Waals surface area contributed by atoms with Gasteiger partial charge < -0.3 is 15.2 Å². The molecule has 1 aromatic carbocycles. The normalized spacial score (nSPS) is 22.6. The Kier molecular flexibility index (Phi) is 2.76. The van der Waals surface area contributed by atoms with Crippen molar-refractivity contribution in [3.05, 3.63) is 23.8 Å². The van der Waals surface area contributed by atoms with Gasteiger partial charge >= 0.3 is 0 Å². The van der Waals surface area contributed by atoms with Gasteiger partial charge in [-0.2, -0.15) is 0 Å². The van der Waals surface area contributed by atoms with E-state index >= 15 is 0 Å². The summed E-state index contributed by atoms with van der Waals surface area (Å²) >= 11 is 2.07. The Morgan fingerprint density at radius 1 is 1.35 bits per heavy atom. The zero-order valence-electron chi connectivity index (χ0n) is 9.91. The number of benzene rings is 1. The van der Waals surface area contributed by atoms with Gasteiger partial charge in [-0.3, -0.25) is 4.79 Å². The van der Waals surface area contributed by atoms with E-state index in [-0.39, 0.29) is 5.91 Å². The van der Waals surface area contributed by atoms with Crippen LogP contribution in [-0.4, -0.2) is 9.70 Å². The average molecular weight is 347 g/mol. The van der Waals surface area contributed by atoms with Crippen LogP contribution in [0.3, 0.4) is 0 Å². The third-order valence-electron chi connectivity index (χ3n) is 2.87. The highest BCUT2D eigenvalue weighted by molar-refractivity contribution is 14.1. The van der Waals surface area contributed by atoms with E-state index in [0.717, 1.165) is 5.56 Å². The summed E-state index contributed by atoms with van der Waals surface area (Å²) in [4.78, 5) is 11.4. The summed E-state index contributed by atoms with van der Waals surface area (Å²) in [6.07, 6.45) is 0. The van der Waals surface area contributed by atoms with E-state index in [1.54, 1.807) is 19.9 Å². The summed E-state index contributed by atoms with van der Waals surface area (Å²) in [5, 5.41) is 0. The van der Waals surface area contributed by atoms with Gasteiger partial charge in [-0.05, 0) is 31.5 Å². The van der Waals surface area contributed by atoms with Gasteiger partial charge in [0, 0.05) is 29.5 Å². The summed E-state index contributed by atoms with van der Waals surface area (Å²) in [7, 11) is 0. The molecule has 1 aliphatic heterocycles. The Labute approximate surface area is 114 Å². The van der Waals surface area contributed by atoms with Crippen LogP contribution < -0.4 is 15.2 Å². The molecule has 0 aromatic heterocycles. The van der Waals surface area contributed by atoms with Gasteiger partial charge in [-0.1, -0.05) is 6.07 Å². The number of amides is 1. The van der Waals surface area contributed by atoms with Crippen molar-refractivity contribution in [2.75, 3.05) is 0 Å². The lowest BCUT2D eigenvalue weighted by Gasteiger charge is -2.21. The van der Waals surface area contributed by atoms with E-state index in [2.05, 4.69) is 22.6 Å². The van der Waals surface area contributed by atoms with E-state index < -0.39 is 9.21 Å². The van der Waals surface area contributed by atoms with Gasteiger partial charge in [0.1, 0.15) is 0 Å². The van der Waals surface area contributed by atoms with E-state index in [4.69, 9.17) is 15.2 Å². The first-order valence-corrected chi connectivity index (χ1v) is 6.32. The van der Waals surface area contributed by atoms with Crippen LogP contribution in [0.4, 0.5) is 0 Å².